The van der Waals surface area contributed by atoms with Crippen LogP contribution in [0, 0.1) is 0 Å². The maximum absolute atomic E-state index is 11.4. The Balaban J connectivity index is 2.27. The Hall–Kier alpha value is -2.04. The number of nitrogen functional groups attached to an aromatic ring is 1. The molecule has 96 valence electrons. The lowest BCUT2D eigenvalue weighted by atomic mass is 9.78. The van der Waals surface area contributed by atoms with Gasteiger partial charge >= 0.3 is 6.03 Å². The Morgan fingerprint density at radius 3 is 2.89 bits per heavy atom. The van der Waals surface area contributed by atoms with Crippen molar-refractivity contribution in [2.75, 3.05) is 12.8 Å². The number of aryl methyl sites for hydroxylation is 1. The van der Waals surface area contributed by atoms with E-state index >= 15 is 0 Å². The number of amides is 2. The number of carbonyl (C=O) groups is 2. The van der Waals surface area contributed by atoms with Gasteiger partial charge in [-0.15, -0.1) is 0 Å². The molecule has 4 N–H and O–H groups in total. The Morgan fingerprint density at radius 1 is 1.44 bits per heavy atom. The van der Waals surface area contributed by atoms with Crippen LogP contribution in [0.1, 0.15) is 17.5 Å². The average molecular weight is 247 g/mol. The van der Waals surface area contributed by atoms with Crippen molar-refractivity contribution in [3.8, 4) is 0 Å². The van der Waals surface area contributed by atoms with E-state index in [1.807, 2.05) is 18.2 Å². The van der Waals surface area contributed by atoms with Gasteiger partial charge in [-0.25, -0.2) is 4.79 Å². The van der Waals surface area contributed by atoms with Crippen molar-refractivity contribution in [2.45, 2.75) is 24.8 Å². The smallest absolute Gasteiger partial charge is 0.315 e. The number of nitrogens with two attached hydrogens (primary N) is 1. The molecule has 1 aromatic rings. The molecule has 1 aliphatic rings. The van der Waals surface area contributed by atoms with Crippen LogP contribution in [0.2, 0.25) is 0 Å². The zero-order valence-corrected chi connectivity index (χ0v) is 10.3. The largest absolute Gasteiger partial charge is 0.399 e. The van der Waals surface area contributed by atoms with Crippen LogP contribution in [0.25, 0.3) is 0 Å². The van der Waals surface area contributed by atoms with Crippen LogP contribution in [0.5, 0.6) is 0 Å². The van der Waals surface area contributed by atoms with Crippen LogP contribution in [0.15, 0.2) is 18.2 Å². The maximum Gasteiger partial charge on any atom is 0.315 e. The number of hydrogen-bond acceptors (Lipinski definition) is 3. The molecule has 0 bridgehead atoms. The van der Waals surface area contributed by atoms with Gasteiger partial charge < -0.3 is 21.2 Å². The molecule has 0 saturated heterocycles. The number of nitrogens with one attached hydrogen (secondary N) is 2. The molecule has 5 heteroatoms. The molecule has 5 nitrogen and oxygen atoms in total. The number of fused-ring (bicyclic) bond motifs is 1. The SMILES string of the molecule is CNC(=O)NC1(C=O)CCc2ccc(N)cc2C1. The fraction of sp³-hybridized carbons (Fsp3) is 0.385. The summed E-state index contributed by atoms with van der Waals surface area (Å²) in [7, 11) is 1.53. The van der Waals surface area contributed by atoms with Crippen molar-refractivity contribution in [2.24, 2.45) is 0 Å². The quantitative estimate of drug-likeness (QED) is 0.529. The fourth-order valence-corrected chi connectivity index (χ4v) is 2.37. The third-order valence-electron chi connectivity index (χ3n) is 3.39. The van der Waals surface area contributed by atoms with Gasteiger partial charge in [-0.1, -0.05) is 6.07 Å². The first-order valence-corrected chi connectivity index (χ1v) is 5.92. The van der Waals surface area contributed by atoms with Crippen LogP contribution < -0.4 is 16.4 Å². The Kier molecular flexibility index (Phi) is 3.23. The normalized spacial score (nSPS) is 21.8. The maximum atomic E-state index is 11.4. The van der Waals surface area contributed by atoms with E-state index in [1.165, 1.54) is 12.6 Å². The van der Waals surface area contributed by atoms with E-state index in [1.54, 1.807) is 0 Å². The van der Waals surface area contributed by atoms with Crippen molar-refractivity contribution >= 4 is 18.0 Å². The van der Waals surface area contributed by atoms with Crippen LogP contribution in [-0.4, -0.2) is 24.9 Å². The molecule has 0 spiro atoms. The van der Waals surface area contributed by atoms with E-state index in [0.717, 1.165) is 18.3 Å². The second-order valence-corrected chi connectivity index (χ2v) is 4.68. The number of anilines is 1. The van der Waals surface area contributed by atoms with Crippen LogP contribution >= 0.6 is 0 Å². The molecule has 0 aliphatic heterocycles. The van der Waals surface area contributed by atoms with Crippen molar-refractivity contribution < 1.29 is 9.59 Å². The summed E-state index contributed by atoms with van der Waals surface area (Å²) >= 11 is 0. The lowest BCUT2D eigenvalue weighted by Crippen LogP contribution is -2.55. The molecule has 2 amide bonds. The molecule has 2 rings (SSSR count). The number of aldehydes is 1. The summed E-state index contributed by atoms with van der Waals surface area (Å²) in [4.78, 5) is 22.8. The second-order valence-electron chi connectivity index (χ2n) is 4.68. The van der Waals surface area contributed by atoms with Crippen molar-refractivity contribution in [3.63, 3.8) is 0 Å². The molecule has 0 radical (unpaired) electrons. The van der Waals surface area contributed by atoms with Gasteiger partial charge in [0.05, 0.1) is 0 Å². The Bertz CT molecular complexity index is 487. The number of rotatable bonds is 2. The van der Waals surface area contributed by atoms with Crippen molar-refractivity contribution in [1.82, 2.24) is 10.6 Å². The predicted octanol–water partition coefficient (Wildman–Crippen LogP) is 0.624. The van der Waals surface area contributed by atoms with Gasteiger partial charge in [0.25, 0.3) is 0 Å². The number of hydrogen-bond donors (Lipinski definition) is 3. The number of urea groups is 1. The summed E-state index contributed by atoms with van der Waals surface area (Å²) in [5.74, 6) is 0. The minimum atomic E-state index is -0.819. The van der Waals surface area contributed by atoms with Gasteiger partial charge in [-0.05, 0) is 36.1 Å². The van der Waals surface area contributed by atoms with Gasteiger partial charge in [-0.3, -0.25) is 0 Å². The summed E-state index contributed by atoms with van der Waals surface area (Å²) in [5.41, 5.74) is 7.84. The molecule has 1 unspecified atom stereocenters. The molecule has 0 aromatic heterocycles. The summed E-state index contributed by atoms with van der Waals surface area (Å²) in [6.45, 7) is 0. The highest BCUT2D eigenvalue weighted by atomic mass is 16.2. The highest BCUT2D eigenvalue weighted by Gasteiger charge is 2.35. The number of benzene rings is 1. The number of carbonyl (C=O) groups excluding carboxylic acids is 2. The highest BCUT2D eigenvalue weighted by Crippen LogP contribution is 2.29. The molecule has 1 aliphatic carbocycles. The molecular formula is C13H17N3O2. The molecular weight excluding hydrogens is 230 g/mol. The zero-order valence-electron chi connectivity index (χ0n) is 10.3. The first-order valence-electron chi connectivity index (χ1n) is 5.92. The third kappa shape index (κ3) is 2.30. The van der Waals surface area contributed by atoms with Gasteiger partial charge in [0, 0.05) is 19.2 Å². The van der Waals surface area contributed by atoms with Gasteiger partial charge in [0.2, 0.25) is 0 Å². The van der Waals surface area contributed by atoms with Crippen LogP contribution in [0.3, 0.4) is 0 Å². The van der Waals surface area contributed by atoms with Gasteiger partial charge in [0.1, 0.15) is 11.8 Å². The van der Waals surface area contributed by atoms with E-state index in [9.17, 15) is 9.59 Å². The standard InChI is InChI=1S/C13H17N3O2/c1-15-12(18)16-13(8-17)5-4-9-2-3-11(14)6-10(9)7-13/h2-3,6,8H,4-5,7,14H2,1H3,(H2,15,16,18). The summed E-state index contributed by atoms with van der Waals surface area (Å²) in [6.07, 6.45) is 2.69. The van der Waals surface area contributed by atoms with Crippen molar-refractivity contribution in [1.29, 1.82) is 0 Å². The minimum absolute atomic E-state index is 0.338. The molecule has 1 atom stereocenters. The van der Waals surface area contributed by atoms with E-state index in [2.05, 4.69) is 10.6 Å². The lowest BCUT2D eigenvalue weighted by molar-refractivity contribution is -0.113. The third-order valence-corrected chi connectivity index (χ3v) is 3.39. The minimum Gasteiger partial charge on any atom is -0.399 e. The molecule has 18 heavy (non-hydrogen) atoms. The average Bonchev–Trinajstić information content (AvgIpc) is 2.38. The molecule has 1 aromatic carbocycles. The van der Waals surface area contributed by atoms with Crippen molar-refractivity contribution in [3.05, 3.63) is 29.3 Å². The lowest BCUT2D eigenvalue weighted by Gasteiger charge is -2.34. The molecule has 0 fully saturated rings. The first kappa shape index (κ1) is 12.4. The highest BCUT2D eigenvalue weighted by molar-refractivity contribution is 5.80. The van der Waals surface area contributed by atoms with Crippen LogP contribution in [0.4, 0.5) is 10.5 Å². The zero-order chi connectivity index (χ0) is 13.2. The second kappa shape index (κ2) is 4.68. The molecule has 0 heterocycles. The van der Waals surface area contributed by atoms with E-state index < -0.39 is 5.54 Å². The topological polar surface area (TPSA) is 84.2 Å². The molecule has 0 saturated carbocycles. The van der Waals surface area contributed by atoms with E-state index in [0.29, 0.717) is 18.5 Å². The summed E-state index contributed by atoms with van der Waals surface area (Å²) in [6, 6.07) is 5.38. The van der Waals surface area contributed by atoms with E-state index in [-0.39, 0.29) is 6.03 Å². The predicted molar refractivity (Wildman–Crippen MR) is 69.3 cm³/mol. The Morgan fingerprint density at radius 2 is 2.22 bits per heavy atom. The summed E-state index contributed by atoms with van der Waals surface area (Å²) < 4.78 is 0. The summed E-state index contributed by atoms with van der Waals surface area (Å²) in [5, 5.41) is 5.21. The Labute approximate surface area is 106 Å². The first-order chi connectivity index (χ1) is 8.58. The van der Waals surface area contributed by atoms with Gasteiger partial charge in [-0.2, -0.15) is 0 Å². The van der Waals surface area contributed by atoms with E-state index in [4.69, 9.17) is 5.73 Å². The van der Waals surface area contributed by atoms with Crippen LogP contribution in [-0.2, 0) is 17.6 Å². The van der Waals surface area contributed by atoms with Gasteiger partial charge in [0.15, 0.2) is 0 Å². The monoisotopic (exact) mass is 247 g/mol. The fourth-order valence-electron chi connectivity index (χ4n) is 2.37.